The largest absolute Gasteiger partial charge is 0.302 e. The highest BCUT2D eigenvalue weighted by molar-refractivity contribution is 7.22. The fourth-order valence-electron chi connectivity index (χ4n) is 3.29. The number of aryl methyl sites for hydroxylation is 1. The van der Waals surface area contributed by atoms with Crippen molar-refractivity contribution in [2.75, 3.05) is 31.1 Å². The molecule has 3 aromatic rings. The average Bonchev–Trinajstić information content (AvgIpc) is 3.18. The van der Waals surface area contributed by atoms with Crippen molar-refractivity contribution in [3.63, 3.8) is 0 Å². The molecule has 1 heterocycles. The minimum absolute atomic E-state index is 0. The zero-order chi connectivity index (χ0) is 23.4. The highest BCUT2D eigenvalue weighted by Gasteiger charge is 2.26. The molecule has 2 aromatic carbocycles. The smallest absolute Gasteiger partial charge is 0.277 e. The van der Waals surface area contributed by atoms with Gasteiger partial charge in [-0.05, 0) is 37.7 Å². The predicted octanol–water partition coefficient (Wildman–Crippen LogP) is 4.83. The summed E-state index contributed by atoms with van der Waals surface area (Å²) in [5, 5.41) is 23.0. The van der Waals surface area contributed by atoms with E-state index >= 15 is 0 Å². The quantitative estimate of drug-likeness (QED) is 0.309. The molecule has 0 unspecified atom stereocenters. The van der Waals surface area contributed by atoms with Crippen LogP contribution in [-0.2, 0) is 0 Å². The second-order valence-electron chi connectivity index (χ2n) is 7.20. The molecule has 0 aliphatic heterocycles. The Hall–Kier alpha value is -3.15. The van der Waals surface area contributed by atoms with Gasteiger partial charge < -0.3 is 4.90 Å². The number of halogens is 1. The van der Waals surface area contributed by atoms with Crippen molar-refractivity contribution in [1.29, 1.82) is 0 Å². The van der Waals surface area contributed by atoms with E-state index in [9.17, 15) is 25.0 Å². The summed E-state index contributed by atoms with van der Waals surface area (Å²) in [6.07, 6.45) is 0. The van der Waals surface area contributed by atoms with E-state index in [0.29, 0.717) is 11.7 Å². The Kier molecular flexibility index (Phi) is 8.80. The fraction of sp³-hybridized carbons (Fsp3) is 0.333. The van der Waals surface area contributed by atoms with Crippen molar-refractivity contribution >= 4 is 56.4 Å². The number of amides is 1. The van der Waals surface area contributed by atoms with E-state index in [1.165, 1.54) is 16.2 Å². The van der Waals surface area contributed by atoms with E-state index in [2.05, 4.69) is 9.88 Å². The first-order chi connectivity index (χ1) is 15.2. The summed E-state index contributed by atoms with van der Waals surface area (Å²) in [6, 6.07) is 8.75. The van der Waals surface area contributed by atoms with E-state index in [-0.39, 0.29) is 24.5 Å². The number of anilines is 1. The van der Waals surface area contributed by atoms with Gasteiger partial charge in [-0.25, -0.2) is 4.98 Å². The van der Waals surface area contributed by atoms with Crippen LogP contribution in [0.15, 0.2) is 36.4 Å². The first-order valence-corrected chi connectivity index (χ1v) is 10.9. The molecule has 0 spiro atoms. The summed E-state index contributed by atoms with van der Waals surface area (Å²) in [5.74, 6) is -0.570. The summed E-state index contributed by atoms with van der Waals surface area (Å²) in [4.78, 5) is 42.7. The minimum atomic E-state index is -0.746. The van der Waals surface area contributed by atoms with Crippen LogP contribution in [0.25, 0.3) is 10.2 Å². The van der Waals surface area contributed by atoms with Gasteiger partial charge in [-0.1, -0.05) is 31.3 Å². The van der Waals surface area contributed by atoms with E-state index in [1.54, 1.807) is 0 Å². The highest BCUT2D eigenvalue weighted by Crippen LogP contribution is 2.31. The van der Waals surface area contributed by atoms with Gasteiger partial charge in [0.15, 0.2) is 5.13 Å². The second-order valence-corrected chi connectivity index (χ2v) is 8.21. The Morgan fingerprint density at radius 2 is 1.61 bits per heavy atom. The normalized spacial score (nSPS) is 10.8. The van der Waals surface area contributed by atoms with Crippen LogP contribution in [0.5, 0.6) is 0 Å². The molecule has 0 saturated heterocycles. The SMILES string of the molecule is CCN(CC)CCN(C(=O)c1cc([N+](=O)[O-])cc([N+](=O)[O-])c1)c1nc2ccc(C)cc2s1.Cl. The number of rotatable bonds is 9. The van der Waals surface area contributed by atoms with Crippen LogP contribution >= 0.6 is 23.7 Å². The lowest BCUT2D eigenvalue weighted by atomic mass is 10.1. The lowest BCUT2D eigenvalue weighted by Crippen LogP contribution is -2.38. The Morgan fingerprint density at radius 1 is 1.00 bits per heavy atom. The van der Waals surface area contributed by atoms with Crippen LogP contribution in [0.3, 0.4) is 0 Å². The van der Waals surface area contributed by atoms with Gasteiger partial charge in [0, 0.05) is 25.2 Å². The number of benzene rings is 2. The first-order valence-electron chi connectivity index (χ1n) is 10.1. The molecule has 0 N–H and O–H groups in total. The third-order valence-corrected chi connectivity index (χ3v) is 6.16. The number of hydrogen-bond donors (Lipinski definition) is 0. The number of non-ortho nitro benzene ring substituents is 2. The Labute approximate surface area is 200 Å². The van der Waals surface area contributed by atoms with Crippen molar-refractivity contribution in [2.24, 2.45) is 0 Å². The standard InChI is InChI=1S/C21H23N5O5S.ClH/c1-4-23(5-2)8-9-24(21-22-18-7-6-14(3)10-19(18)32-21)20(27)15-11-16(25(28)29)13-17(12-15)26(30)31;/h6-7,10-13H,4-5,8-9H2,1-3H3;1H. The second kappa shape index (κ2) is 11.1. The molecule has 1 amide bonds. The lowest BCUT2D eigenvalue weighted by Gasteiger charge is -2.24. The molecule has 176 valence electrons. The molecule has 0 bridgehead atoms. The summed E-state index contributed by atoms with van der Waals surface area (Å²) >= 11 is 1.34. The van der Waals surface area contributed by atoms with Crippen LogP contribution in [0.4, 0.5) is 16.5 Å². The third-order valence-electron chi connectivity index (χ3n) is 5.11. The summed E-state index contributed by atoms with van der Waals surface area (Å²) in [6.45, 7) is 8.42. The first kappa shape index (κ1) is 26.1. The molecular formula is C21H24ClN5O5S. The number of nitro groups is 2. The summed E-state index contributed by atoms with van der Waals surface area (Å²) in [5.41, 5.74) is 0.655. The molecule has 0 saturated carbocycles. The molecular weight excluding hydrogens is 470 g/mol. The van der Waals surface area contributed by atoms with Crippen LogP contribution in [-0.4, -0.2) is 51.8 Å². The lowest BCUT2D eigenvalue weighted by molar-refractivity contribution is -0.394. The van der Waals surface area contributed by atoms with Crippen LogP contribution in [0.2, 0.25) is 0 Å². The van der Waals surface area contributed by atoms with Gasteiger partial charge in [-0.2, -0.15) is 0 Å². The third kappa shape index (κ3) is 6.01. The zero-order valence-corrected chi connectivity index (χ0v) is 20.0. The van der Waals surface area contributed by atoms with Gasteiger partial charge in [0.25, 0.3) is 17.3 Å². The van der Waals surface area contributed by atoms with Gasteiger partial charge >= 0.3 is 0 Å². The molecule has 0 atom stereocenters. The van der Waals surface area contributed by atoms with Gasteiger partial charge in [0.05, 0.1) is 31.7 Å². The maximum atomic E-state index is 13.5. The molecule has 12 heteroatoms. The van der Waals surface area contributed by atoms with Crippen molar-refractivity contribution in [2.45, 2.75) is 20.8 Å². The van der Waals surface area contributed by atoms with Crippen molar-refractivity contribution in [3.05, 3.63) is 67.8 Å². The maximum absolute atomic E-state index is 13.5. The van der Waals surface area contributed by atoms with E-state index in [0.717, 1.165) is 47.1 Å². The van der Waals surface area contributed by atoms with E-state index < -0.39 is 27.1 Å². The number of nitro benzene ring substituents is 2. The van der Waals surface area contributed by atoms with Crippen LogP contribution < -0.4 is 4.90 Å². The molecule has 10 nitrogen and oxygen atoms in total. The molecule has 33 heavy (non-hydrogen) atoms. The fourth-order valence-corrected chi connectivity index (χ4v) is 4.37. The summed E-state index contributed by atoms with van der Waals surface area (Å²) < 4.78 is 0.908. The van der Waals surface area contributed by atoms with Crippen LogP contribution in [0.1, 0.15) is 29.8 Å². The summed E-state index contributed by atoms with van der Waals surface area (Å²) in [7, 11) is 0. The number of carbonyl (C=O) groups is 1. The van der Waals surface area contributed by atoms with Crippen LogP contribution in [0, 0.1) is 27.2 Å². The molecule has 0 aliphatic carbocycles. The van der Waals surface area contributed by atoms with Gasteiger partial charge in [-0.3, -0.25) is 29.9 Å². The molecule has 0 fully saturated rings. The van der Waals surface area contributed by atoms with E-state index in [1.807, 2.05) is 39.0 Å². The molecule has 0 radical (unpaired) electrons. The molecule has 3 rings (SSSR count). The van der Waals surface area contributed by atoms with Crippen molar-refractivity contribution < 1.29 is 14.6 Å². The number of carbonyl (C=O) groups excluding carboxylic acids is 1. The zero-order valence-electron chi connectivity index (χ0n) is 18.4. The van der Waals surface area contributed by atoms with Crippen molar-refractivity contribution in [1.82, 2.24) is 9.88 Å². The van der Waals surface area contributed by atoms with Gasteiger partial charge in [0.1, 0.15) is 0 Å². The van der Waals surface area contributed by atoms with E-state index in [4.69, 9.17) is 0 Å². The Balaban J connectivity index is 0.00000385. The number of nitrogens with zero attached hydrogens (tertiary/aromatic N) is 5. The Bertz CT molecular complexity index is 1150. The Morgan fingerprint density at radius 3 is 2.15 bits per heavy atom. The minimum Gasteiger partial charge on any atom is -0.302 e. The van der Waals surface area contributed by atoms with Gasteiger partial charge in [-0.15, -0.1) is 12.4 Å². The molecule has 0 aliphatic rings. The molecule has 1 aromatic heterocycles. The number of hydrogen-bond acceptors (Lipinski definition) is 8. The number of aromatic nitrogens is 1. The number of likely N-dealkylation sites (N-methyl/N-ethyl adjacent to an activating group) is 1. The number of fused-ring (bicyclic) bond motifs is 1. The monoisotopic (exact) mass is 493 g/mol. The predicted molar refractivity (Wildman–Crippen MR) is 131 cm³/mol. The maximum Gasteiger partial charge on any atom is 0.277 e. The van der Waals surface area contributed by atoms with Gasteiger partial charge in [0.2, 0.25) is 0 Å². The van der Waals surface area contributed by atoms with Crippen molar-refractivity contribution in [3.8, 4) is 0 Å². The number of thiazole rings is 1. The topological polar surface area (TPSA) is 123 Å². The average molecular weight is 494 g/mol. The highest BCUT2D eigenvalue weighted by atomic mass is 35.5.